The van der Waals surface area contributed by atoms with Crippen molar-refractivity contribution in [1.82, 2.24) is 4.57 Å². The van der Waals surface area contributed by atoms with Crippen molar-refractivity contribution in [2.75, 3.05) is 6.61 Å². The number of benzene rings is 1. The molecular formula is C19H22BrNO4. The molecule has 0 saturated carbocycles. The Labute approximate surface area is 155 Å². The molecule has 134 valence electrons. The van der Waals surface area contributed by atoms with Gasteiger partial charge in [-0.2, -0.15) is 0 Å². The minimum atomic E-state index is -1.06. The largest absolute Gasteiger partial charge is 0.465 e. The molecule has 0 aliphatic heterocycles. The molecule has 25 heavy (non-hydrogen) atoms. The molecule has 1 aliphatic carbocycles. The number of hydrogen-bond acceptors (Lipinski definition) is 3. The molecule has 1 unspecified atom stereocenters. The third-order valence-corrected chi connectivity index (χ3v) is 5.81. The zero-order valence-corrected chi connectivity index (χ0v) is 16.3. The number of esters is 1. The summed E-state index contributed by atoms with van der Waals surface area (Å²) in [5.41, 5.74) is 2.21. The lowest BCUT2D eigenvalue weighted by molar-refractivity contribution is -0.150. The summed E-state index contributed by atoms with van der Waals surface area (Å²) in [6, 6.07) is 3.83. The van der Waals surface area contributed by atoms with Crippen LogP contribution in [-0.4, -0.2) is 28.3 Å². The van der Waals surface area contributed by atoms with Crippen molar-refractivity contribution in [3.05, 3.63) is 33.4 Å². The summed E-state index contributed by atoms with van der Waals surface area (Å²) in [6.07, 6.45) is 1.57. The van der Waals surface area contributed by atoms with Gasteiger partial charge in [0.2, 0.25) is 0 Å². The summed E-state index contributed by atoms with van der Waals surface area (Å²) in [6.45, 7) is 5.97. The van der Waals surface area contributed by atoms with Gasteiger partial charge in [-0.1, -0.05) is 35.3 Å². The van der Waals surface area contributed by atoms with E-state index >= 15 is 0 Å². The van der Waals surface area contributed by atoms with Crippen molar-refractivity contribution >= 4 is 38.9 Å². The molecule has 0 radical (unpaired) electrons. The van der Waals surface area contributed by atoms with Gasteiger partial charge in [-0.25, -0.2) is 9.36 Å². The molecule has 1 aliphatic rings. The fraction of sp³-hybridized carbons (Fsp3) is 0.474. The second-order valence-corrected chi connectivity index (χ2v) is 7.44. The first kappa shape index (κ1) is 18.0. The number of fused-ring (bicyclic) bond motifs is 3. The van der Waals surface area contributed by atoms with Crippen LogP contribution >= 0.6 is 15.9 Å². The number of halogens is 1. The minimum Gasteiger partial charge on any atom is -0.465 e. The lowest BCUT2D eigenvalue weighted by Crippen LogP contribution is -2.38. The Balaban J connectivity index is 2.42. The maximum atomic E-state index is 12.9. The van der Waals surface area contributed by atoms with Crippen molar-refractivity contribution in [1.29, 1.82) is 0 Å². The first-order valence-corrected chi connectivity index (χ1v) is 9.41. The standard InChI is InChI=1S/C19H22BrNO4/c1-4-9-19(17(22)25-5-2)10-8-12-14-13(20)7-6-11(3)15(14)21(16(12)19)18(23)24/h6-7H,4-5,8-10H2,1-3H3,(H,23,24). The van der Waals surface area contributed by atoms with Crippen molar-refractivity contribution in [3.8, 4) is 0 Å². The van der Waals surface area contributed by atoms with Gasteiger partial charge in [0.05, 0.1) is 17.8 Å². The minimum absolute atomic E-state index is 0.287. The van der Waals surface area contributed by atoms with E-state index in [2.05, 4.69) is 15.9 Å². The zero-order chi connectivity index (χ0) is 18.4. The van der Waals surface area contributed by atoms with E-state index in [4.69, 9.17) is 4.74 Å². The Morgan fingerprint density at radius 3 is 2.68 bits per heavy atom. The molecule has 1 aromatic heterocycles. The predicted molar refractivity (Wildman–Crippen MR) is 99.3 cm³/mol. The molecule has 0 spiro atoms. The molecule has 0 saturated heterocycles. The highest BCUT2D eigenvalue weighted by atomic mass is 79.9. The SMILES string of the molecule is CCCC1(C(=O)OCC)CCc2c1n(C(=O)O)c1c(C)ccc(Br)c21. The third-order valence-electron chi connectivity index (χ3n) is 5.15. The van der Waals surface area contributed by atoms with Crippen LogP contribution in [0.4, 0.5) is 4.79 Å². The van der Waals surface area contributed by atoms with Crippen molar-refractivity contribution < 1.29 is 19.4 Å². The fourth-order valence-corrected chi connectivity index (χ4v) is 4.80. The van der Waals surface area contributed by atoms with E-state index in [0.29, 0.717) is 30.5 Å². The average Bonchev–Trinajstić information content (AvgIpc) is 3.09. The smallest absolute Gasteiger partial charge is 0.416 e. The normalized spacial score (nSPS) is 19.2. The van der Waals surface area contributed by atoms with Crippen LogP contribution < -0.4 is 0 Å². The average molecular weight is 408 g/mol. The summed E-state index contributed by atoms with van der Waals surface area (Å²) >= 11 is 3.57. The van der Waals surface area contributed by atoms with E-state index in [1.165, 1.54) is 4.57 Å². The first-order valence-electron chi connectivity index (χ1n) is 8.62. The van der Waals surface area contributed by atoms with Crippen LogP contribution in [0.1, 0.15) is 49.9 Å². The second kappa shape index (κ2) is 6.48. The van der Waals surface area contributed by atoms with Gasteiger partial charge in [0.15, 0.2) is 0 Å². The topological polar surface area (TPSA) is 68.5 Å². The summed E-state index contributed by atoms with van der Waals surface area (Å²) in [4.78, 5) is 25.1. The van der Waals surface area contributed by atoms with Gasteiger partial charge in [-0.15, -0.1) is 0 Å². The van der Waals surface area contributed by atoms with E-state index in [0.717, 1.165) is 27.4 Å². The predicted octanol–water partition coefficient (Wildman–Crippen LogP) is 4.79. The second-order valence-electron chi connectivity index (χ2n) is 6.59. The summed E-state index contributed by atoms with van der Waals surface area (Å²) in [7, 11) is 0. The number of ether oxygens (including phenoxy) is 1. The highest BCUT2D eigenvalue weighted by molar-refractivity contribution is 9.10. The van der Waals surface area contributed by atoms with Gasteiger partial charge < -0.3 is 9.84 Å². The highest BCUT2D eigenvalue weighted by Crippen LogP contribution is 2.49. The number of aryl methyl sites for hydroxylation is 2. The molecular weight excluding hydrogens is 386 g/mol. The highest BCUT2D eigenvalue weighted by Gasteiger charge is 2.50. The maximum absolute atomic E-state index is 12.9. The van der Waals surface area contributed by atoms with Gasteiger partial charge in [0.1, 0.15) is 5.41 Å². The summed E-state index contributed by atoms with van der Waals surface area (Å²) < 4.78 is 7.56. The van der Waals surface area contributed by atoms with Gasteiger partial charge in [0.25, 0.3) is 0 Å². The van der Waals surface area contributed by atoms with E-state index in [9.17, 15) is 14.7 Å². The Kier molecular flexibility index (Phi) is 4.66. The Morgan fingerprint density at radius 2 is 2.08 bits per heavy atom. The summed E-state index contributed by atoms with van der Waals surface area (Å²) in [5, 5.41) is 10.9. The number of aromatic nitrogens is 1. The van der Waals surface area contributed by atoms with Crippen molar-refractivity contribution in [2.24, 2.45) is 0 Å². The van der Waals surface area contributed by atoms with Crippen LogP contribution in [0.3, 0.4) is 0 Å². The Hall–Kier alpha value is -1.82. The van der Waals surface area contributed by atoms with Crippen molar-refractivity contribution in [3.63, 3.8) is 0 Å². The molecule has 2 aromatic rings. The van der Waals surface area contributed by atoms with Gasteiger partial charge in [-0.05, 0) is 50.3 Å². The monoisotopic (exact) mass is 407 g/mol. The van der Waals surface area contributed by atoms with Crippen LogP contribution in [0, 0.1) is 6.92 Å². The number of carbonyl (C=O) groups excluding carboxylic acids is 1. The van der Waals surface area contributed by atoms with E-state index in [-0.39, 0.29) is 12.6 Å². The molecule has 1 heterocycles. The van der Waals surface area contributed by atoms with Gasteiger partial charge in [-0.3, -0.25) is 4.79 Å². The van der Waals surface area contributed by atoms with Crippen molar-refractivity contribution in [2.45, 2.75) is 51.9 Å². The van der Waals surface area contributed by atoms with Crippen LogP contribution in [0.15, 0.2) is 16.6 Å². The van der Waals surface area contributed by atoms with Gasteiger partial charge >= 0.3 is 12.1 Å². The number of nitrogens with zero attached hydrogens (tertiary/aromatic N) is 1. The number of rotatable bonds is 4. The Bertz CT molecular complexity index is 870. The molecule has 3 rings (SSSR count). The van der Waals surface area contributed by atoms with Crippen LogP contribution in [-0.2, 0) is 21.4 Å². The molecule has 1 aromatic carbocycles. The molecule has 0 fully saturated rings. The molecule has 6 heteroatoms. The third kappa shape index (κ3) is 2.49. The van der Waals surface area contributed by atoms with Crippen LogP contribution in [0.2, 0.25) is 0 Å². The molecule has 5 nitrogen and oxygen atoms in total. The quantitative estimate of drug-likeness (QED) is 0.739. The van der Waals surface area contributed by atoms with Crippen LogP contribution in [0.25, 0.3) is 10.9 Å². The number of hydrogen-bond donors (Lipinski definition) is 1. The molecule has 1 atom stereocenters. The molecule has 0 amide bonds. The first-order chi connectivity index (χ1) is 11.9. The number of carboxylic acid groups (broad SMARTS) is 1. The number of carbonyl (C=O) groups is 2. The lowest BCUT2D eigenvalue weighted by atomic mass is 9.80. The van der Waals surface area contributed by atoms with Gasteiger partial charge in [0, 0.05) is 9.86 Å². The van der Waals surface area contributed by atoms with Crippen LogP contribution in [0.5, 0.6) is 0 Å². The molecule has 1 N–H and O–H groups in total. The zero-order valence-electron chi connectivity index (χ0n) is 14.7. The van der Waals surface area contributed by atoms with E-state index in [1.54, 1.807) is 6.92 Å². The lowest BCUT2D eigenvalue weighted by Gasteiger charge is -2.28. The fourth-order valence-electron chi connectivity index (χ4n) is 4.25. The summed E-state index contributed by atoms with van der Waals surface area (Å²) in [5.74, 6) is -0.310. The van der Waals surface area contributed by atoms with E-state index in [1.807, 2.05) is 26.0 Å². The van der Waals surface area contributed by atoms with E-state index < -0.39 is 11.5 Å². The maximum Gasteiger partial charge on any atom is 0.416 e. The Morgan fingerprint density at radius 1 is 1.36 bits per heavy atom. The molecule has 0 bridgehead atoms.